The maximum Gasteiger partial charge on any atom is 0.262 e. The van der Waals surface area contributed by atoms with Crippen LogP contribution in [0.1, 0.15) is 40.5 Å². The van der Waals surface area contributed by atoms with Crippen molar-refractivity contribution in [1.82, 2.24) is 9.47 Å². The number of rotatable bonds is 3. The number of hydrogen-bond donors (Lipinski definition) is 0. The molecule has 1 aromatic heterocycles. The number of aryl methyl sites for hydroxylation is 1. The zero-order chi connectivity index (χ0) is 13.6. The monoisotopic (exact) mass is 256 g/mol. The van der Waals surface area contributed by atoms with Gasteiger partial charge in [-0.25, -0.2) is 0 Å². The number of aromatic nitrogens is 1. The molecule has 4 nitrogen and oxygen atoms in total. The van der Waals surface area contributed by atoms with E-state index in [-0.39, 0.29) is 11.8 Å². The summed E-state index contributed by atoms with van der Waals surface area (Å²) < 4.78 is 1.96. The highest BCUT2D eigenvalue weighted by molar-refractivity contribution is 6.26. The molecule has 19 heavy (non-hydrogen) atoms. The molecule has 3 rings (SSSR count). The Labute approximate surface area is 111 Å². The van der Waals surface area contributed by atoms with E-state index >= 15 is 0 Å². The number of amides is 2. The fraction of sp³-hybridized carbons (Fsp3) is 0.333. The molecule has 1 aliphatic heterocycles. The average Bonchev–Trinajstić information content (AvgIpc) is 2.89. The number of unbranched alkanes of at least 4 members (excludes halogenated alkanes) is 1. The van der Waals surface area contributed by atoms with E-state index in [0.717, 1.165) is 23.7 Å². The first-order valence-electron chi connectivity index (χ1n) is 6.59. The number of imide groups is 1. The number of fused-ring (bicyclic) bond motifs is 3. The Morgan fingerprint density at radius 2 is 1.89 bits per heavy atom. The molecule has 0 spiro atoms. The number of hydrogen-bond acceptors (Lipinski definition) is 2. The SMILES string of the molecule is CCCCN1C(=O)c2ccc3c(ccn3C)c2C1=O. The zero-order valence-electron chi connectivity index (χ0n) is 11.1. The number of carbonyl (C=O) groups is 2. The van der Waals surface area contributed by atoms with Crippen LogP contribution in [0.3, 0.4) is 0 Å². The van der Waals surface area contributed by atoms with Gasteiger partial charge < -0.3 is 4.57 Å². The lowest BCUT2D eigenvalue weighted by Crippen LogP contribution is -2.30. The lowest BCUT2D eigenvalue weighted by molar-refractivity contribution is 0.0653. The minimum Gasteiger partial charge on any atom is -0.351 e. The van der Waals surface area contributed by atoms with Crippen LogP contribution < -0.4 is 0 Å². The molecule has 2 amide bonds. The Hall–Kier alpha value is -2.10. The van der Waals surface area contributed by atoms with Gasteiger partial charge in [-0.3, -0.25) is 14.5 Å². The molecule has 2 aromatic rings. The minimum absolute atomic E-state index is 0.148. The van der Waals surface area contributed by atoms with Gasteiger partial charge >= 0.3 is 0 Å². The highest BCUT2D eigenvalue weighted by atomic mass is 16.2. The summed E-state index contributed by atoms with van der Waals surface area (Å²) in [6.07, 6.45) is 3.73. The summed E-state index contributed by atoms with van der Waals surface area (Å²) in [5, 5.41) is 0.873. The molecule has 98 valence electrons. The lowest BCUT2D eigenvalue weighted by atomic mass is 10.1. The van der Waals surface area contributed by atoms with Crippen LogP contribution in [0.2, 0.25) is 0 Å². The second-order valence-electron chi connectivity index (χ2n) is 4.96. The first-order valence-corrected chi connectivity index (χ1v) is 6.59. The molecule has 2 heterocycles. The highest BCUT2D eigenvalue weighted by Gasteiger charge is 2.36. The van der Waals surface area contributed by atoms with E-state index < -0.39 is 0 Å². The van der Waals surface area contributed by atoms with Crippen LogP contribution in [0.5, 0.6) is 0 Å². The van der Waals surface area contributed by atoms with Crippen LogP contribution in [0, 0.1) is 0 Å². The Bertz CT molecular complexity index is 685. The van der Waals surface area contributed by atoms with Crippen molar-refractivity contribution in [3.05, 3.63) is 35.5 Å². The van der Waals surface area contributed by atoms with Gasteiger partial charge in [-0.05, 0) is 24.6 Å². The van der Waals surface area contributed by atoms with Crippen LogP contribution in [0.15, 0.2) is 24.4 Å². The molecule has 0 saturated carbocycles. The van der Waals surface area contributed by atoms with Gasteiger partial charge in [0, 0.05) is 30.7 Å². The summed E-state index contributed by atoms with van der Waals surface area (Å²) in [6, 6.07) is 5.58. The topological polar surface area (TPSA) is 42.3 Å². The van der Waals surface area contributed by atoms with E-state index in [2.05, 4.69) is 0 Å². The Morgan fingerprint density at radius 1 is 1.11 bits per heavy atom. The molecule has 1 aliphatic rings. The van der Waals surface area contributed by atoms with Crippen LogP contribution in [0.25, 0.3) is 10.9 Å². The van der Waals surface area contributed by atoms with E-state index in [1.54, 1.807) is 6.07 Å². The third kappa shape index (κ3) is 1.59. The average molecular weight is 256 g/mol. The summed E-state index contributed by atoms with van der Waals surface area (Å²) in [4.78, 5) is 26.1. The van der Waals surface area contributed by atoms with Crippen LogP contribution in [0.4, 0.5) is 0 Å². The minimum atomic E-state index is -0.154. The lowest BCUT2D eigenvalue weighted by Gasteiger charge is -2.12. The van der Waals surface area contributed by atoms with Crippen LogP contribution in [-0.4, -0.2) is 27.8 Å². The van der Waals surface area contributed by atoms with E-state index in [1.807, 2.05) is 36.9 Å². The van der Waals surface area contributed by atoms with Crippen molar-refractivity contribution in [3.8, 4) is 0 Å². The Balaban J connectivity index is 2.14. The molecule has 1 aromatic carbocycles. The molecule has 4 heteroatoms. The summed E-state index contributed by atoms with van der Waals surface area (Å²) in [6.45, 7) is 2.56. The molecule has 0 fully saturated rings. The fourth-order valence-corrected chi connectivity index (χ4v) is 2.65. The van der Waals surface area contributed by atoms with Crippen molar-refractivity contribution >= 4 is 22.7 Å². The first kappa shape index (κ1) is 12.0. The molecule has 0 unspecified atom stereocenters. The molecule has 0 bridgehead atoms. The summed E-state index contributed by atoms with van der Waals surface area (Å²) in [5.74, 6) is -0.301. The van der Waals surface area contributed by atoms with E-state index in [0.29, 0.717) is 17.7 Å². The van der Waals surface area contributed by atoms with E-state index in [1.165, 1.54) is 4.90 Å². The van der Waals surface area contributed by atoms with Crippen LogP contribution >= 0.6 is 0 Å². The van der Waals surface area contributed by atoms with E-state index in [9.17, 15) is 9.59 Å². The largest absolute Gasteiger partial charge is 0.351 e. The molecule has 0 aliphatic carbocycles. The normalized spacial score (nSPS) is 14.5. The maximum absolute atomic E-state index is 12.4. The summed E-state index contributed by atoms with van der Waals surface area (Å²) >= 11 is 0. The van der Waals surface area contributed by atoms with Gasteiger partial charge in [0.05, 0.1) is 11.1 Å². The first-order chi connectivity index (χ1) is 9.15. The van der Waals surface area contributed by atoms with Crippen molar-refractivity contribution in [2.24, 2.45) is 7.05 Å². The highest BCUT2D eigenvalue weighted by Crippen LogP contribution is 2.30. The van der Waals surface area contributed by atoms with Gasteiger partial charge in [-0.1, -0.05) is 13.3 Å². The Kier molecular flexibility index (Phi) is 2.66. The Morgan fingerprint density at radius 3 is 2.63 bits per heavy atom. The summed E-state index contributed by atoms with van der Waals surface area (Å²) in [5.41, 5.74) is 2.09. The molecule has 0 saturated heterocycles. The standard InChI is InChI=1S/C15H16N2O2/c1-3-4-8-17-14(18)11-5-6-12-10(7-9-16(12)2)13(11)15(17)19/h5-7,9H,3-4,8H2,1-2H3. The third-order valence-corrected chi connectivity index (χ3v) is 3.74. The molecular weight excluding hydrogens is 240 g/mol. The smallest absolute Gasteiger partial charge is 0.262 e. The van der Waals surface area contributed by atoms with Crippen molar-refractivity contribution in [1.29, 1.82) is 0 Å². The van der Waals surface area contributed by atoms with Gasteiger partial charge in [-0.15, -0.1) is 0 Å². The van der Waals surface area contributed by atoms with Gasteiger partial charge in [0.1, 0.15) is 0 Å². The van der Waals surface area contributed by atoms with Crippen molar-refractivity contribution in [3.63, 3.8) is 0 Å². The predicted molar refractivity (Wildman–Crippen MR) is 73.2 cm³/mol. The number of nitrogens with zero attached hydrogens (tertiary/aromatic N) is 2. The second kappa shape index (κ2) is 4.23. The zero-order valence-corrected chi connectivity index (χ0v) is 11.1. The van der Waals surface area contributed by atoms with Crippen LogP contribution in [-0.2, 0) is 7.05 Å². The molecule has 0 atom stereocenters. The predicted octanol–water partition coefficient (Wildman–Crippen LogP) is 2.57. The molecule has 0 radical (unpaired) electrons. The molecular formula is C15H16N2O2. The number of benzene rings is 1. The van der Waals surface area contributed by atoms with Crippen molar-refractivity contribution < 1.29 is 9.59 Å². The van der Waals surface area contributed by atoms with E-state index in [4.69, 9.17) is 0 Å². The van der Waals surface area contributed by atoms with Gasteiger partial charge in [0.15, 0.2) is 0 Å². The van der Waals surface area contributed by atoms with Gasteiger partial charge in [0.2, 0.25) is 0 Å². The van der Waals surface area contributed by atoms with Gasteiger partial charge in [0.25, 0.3) is 11.8 Å². The summed E-state index contributed by atoms with van der Waals surface area (Å²) in [7, 11) is 1.94. The van der Waals surface area contributed by atoms with Crippen molar-refractivity contribution in [2.45, 2.75) is 19.8 Å². The third-order valence-electron chi connectivity index (χ3n) is 3.74. The maximum atomic E-state index is 12.4. The van der Waals surface area contributed by atoms with Crippen molar-refractivity contribution in [2.75, 3.05) is 6.54 Å². The number of carbonyl (C=O) groups excluding carboxylic acids is 2. The molecule has 0 N–H and O–H groups in total. The fourth-order valence-electron chi connectivity index (χ4n) is 2.65. The quantitative estimate of drug-likeness (QED) is 0.792. The van der Waals surface area contributed by atoms with Gasteiger partial charge in [-0.2, -0.15) is 0 Å². The second-order valence-corrected chi connectivity index (χ2v) is 4.96.